The molecular formula is C118H82BBrN2O2. The Hall–Kier alpha value is -13.7. The van der Waals surface area contributed by atoms with E-state index in [-0.39, 0.29) is 22.0 Å². The summed E-state index contributed by atoms with van der Waals surface area (Å²) in [5.74, 6) is 0. The van der Waals surface area contributed by atoms with Crippen molar-refractivity contribution in [3.05, 3.63) is 379 Å². The second-order valence-corrected chi connectivity index (χ2v) is 37.5. The number of fused-ring (bicyclic) bond motifs is 22. The Kier molecular flexibility index (Phi) is 15.7. The van der Waals surface area contributed by atoms with E-state index in [2.05, 4.69) is 417 Å². The zero-order valence-electron chi connectivity index (χ0n) is 70.2. The van der Waals surface area contributed by atoms with Gasteiger partial charge in [0.2, 0.25) is 0 Å². The molecule has 2 aromatic heterocycles. The van der Waals surface area contributed by atoms with Crippen molar-refractivity contribution in [1.82, 2.24) is 9.97 Å². The van der Waals surface area contributed by atoms with Gasteiger partial charge in [-0.1, -0.05) is 337 Å². The molecule has 22 aromatic carbocycles. The molecule has 1 fully saturated rings. The van der Waals surface area contributed by atoms with Gasteiger partial charge < -0.3 is 9.31 Å². The predicted molar refractivity (Wildman–Crippen MR) is 532 cm³/mol. The third-order valence-corrected chi connectivity index (χ3v) is 29.8. The Morgan fingerprint density at radius 1 is 0.234 bits per heavy atom. The number of hydrogen-bond acceptors (Lipinski definition) is 4. The van der Waals surface area contributed by atoms with Crippen LogP contribution in [0, 0.1) is 0 Å². The van der Waals surface area contributed by atoms with Crippen molar-refractivity contribution in [2.24, 2.45) is 0 Å². The second kappa shape index (κ2) is 26.6. The summed E-state index contributed by atoms with van der Waals surface area (Å²) in [6.45, 7) is 17.7. The number of benzene rings is 22. The van der Waals surface area contributed by atoms with E-state index < -0.39 is 7.12 Å². The molecule has 0 radical (unpaired) electrons. The first kappa shape index (κ1) is 73.0. The van der Waals surface area contributed by atoms with E-state index in [9.17, 15) is 0 Å². The number of aromatic nitrogens is 2. The van der Waals surface area contributed by atoms with Crippen LogP contribution in [0.3, 0.4) is 0 Å². The van der Waals surface area contributed by atoms with Crippen molar-refractivity contribution >= 4 is 201 Å². The molecular weight excluding hydrogens is 1570 g/mol. The van der Waals surface area contributed by atoms with Crippen LogP contribution in [0.2, 0.25) is 0 Å². The van der Waals surface area contributed by atoms with Crippen LogP contribution < -0.4 is 5.46 Å². The van der Waals surface area contributed by atoms with Crippen molar-refractivity contribution < 1.29 is 9.31 Å². The summed E-state index contributed by atoms with van der Waals surface area (Å²) in [5.41, 5.74) is 17.2. The van der Waals surface area contributed by atoms with Gasteiger partial charge in [0.1, 0.15) is 0 Å². The fourth-order valence-corrected chi connectivity index (χ4v) is 22.9. The summed E-state index contributed by atoms with van der Waals surface area (Å²) < 4.78 is 13.9. The zero-order chi connectivity index (χ0) is 83.1. The molecule has 6 heteroatoms. The van der Waals surface area contributed by atoms with Gasteiger partial charge in [-0.3, -0.25) is 9.97 Å². The molecule has 3 heterocycles. The minimum atomic E-state index is -0.417. The standard InChI is InChI=1S/C56H35N.C32H30BNO2.C30H17Br/c1-56(2)49-30-47-39-17-6-4-15-37(39)36-14-3-5-16-38(36)46(47)29-48(49)55-50(56)28-35(31-57-55)52-40-18-7-9-20-42(40)54(43-21-10-8-19-41(43)52)45-27-25-34-23-22-32-12-11-13-33-24-26-44(45)53(34)51(32)33;1-30(2)27-17-25-23-14-10-8-12-21(23)20-11-7-9-13-22(20)24(25)16-26(27)29-28(30)15-19(18-34-29)33-35-31(3,4)32(5,6)36-33;31-30-25-10-3-1-8-21(25)29(22-9-2-4-11-26(22)30)24-17-15-20-13-12-18-6-5-7-19-14-16-23(24)28(20)27(18)19/h3-31H,1-2H3;7-18H,1-6H3;1-17H. The highest BCUT2D eigenvalue weighted by Crippen LogP contribution is 2.56. The number of halogens is 1. The molecule has 27 rings (SSSR count). The Morgan fingerprint density at radius 2 is 0.524 bits per heavy atom. The molecule has 1 aliphatic heterocycles. The minimum Gasteiger partial charge on any atom is -0.399 e. The Morgan fingerprint density at radius 3 is 0.903 bits per heavy atom. The van der Waals surface area contributed by atoms with Crippen molar-refractivity contribution in [2.75, 3.05) is 0 Å². The Balaban J connectivity index is 0.000000108. The lowest BCUT2D eigenvalue weighted by Crippen LogP contribution is -2.41. The van der Waals surface area contributed by atoms with Crippen LogP contribution in [0.25, 0.3) is 228 Å². The van der Waals surface area contributed by atoms with E-state index >= 15 is 0 Å². The van der Waals surface area contributed by atoms with Crippen molar-refractivity contribution in [1.29, 1.82) is 0 Å². The lowest BCUT2D eigenvalue weighted by atomic mass is 9.76. The number of rotatable bonds is 4. The van der Waals surface area contributed by atoms with Gasteiger partial charge in [0.05, 0.1) is 22.6 Å². The topological polar surface area (TPSA) is 44.2 Å². The van der Waals surface area contributed by atoms with Crippen molar-refractivity contribution in [3.8, 4) is 55.9 Å². The Labute approximate surface area is 726 Å². The van der Waals surface area contributed by atoms with E-state index in [0.29, 0.717) is 0 Å². The molecule has 2 aliphatic carbocycles. The van der Waals surface area contributed by atoms with Gasteiger partial charge in [-0.2, -0.15) is 0 Å². The fraction of sp³-hybridized carbons (Fsp3) is 0.102. The smallest absolute Gasteiger partial charge is 0.399 e. The summed E-state index contributed by atoms with van der Waals surface area (Å²) >= 11 is 3.89. The first-order valence-corrected chi connectivity index (χ1v) is 44.2. The lowest BCUT2D eigenvalue weighted by molar-refractivity contribution is 0.00578. The summed E-state index contributed by atoms with van der Waals surface area (Å²) in [7, 11) is -0.417. The summed E-state index contributed by atoms with van der Waals surface area (Å²) in [5, 5.41) is 41.4. The van der Waals surface area contributed by atoms with Crippen LogP contribution in [0.1, 0.15) is 77.6 Å². The van der Waals surface area contributed by atoms with Gasteiger partial charge >= 0.3 is 7.12 Å². The number of nitrogens with zero attached hydrogens (tertiary/aromatic N) is 2. The van der Waals surface area contributed by atoms with E-state index in [1.807, 2.05) is 6.20 Å². The first-order valence-electron chi connectivity index (χ1n) is 43.4. The maximum atomic E-state index is 6.35. The van der Waals surface area contributed by atoms with Crippen molar-refractivity contribution in [3.63, 3.8) is 0 Å². The third-order valence-electron chi connectivity index (χ3n) is 29.0. The van der Waals surface area contributed by atoms with Crippen LogP contribution >= 0.6 is 15.9 Å². The highest BCUT2D eigenvalue weighted by Gasteiger charge is 2.53. The van der Waals surface area contributed by atoms with Gasteiger partial charge in [0.15, 0.2) is 0 Å². The minimum absolute atomic E-state index is 0.182. The molecule has 24 aromatic rings. The lowest BCUT2D eigenvalue weighted by Gasteiger charge is -2.32. The molecule has 0 saturated carbocycles. The quantitative estimate of drug-likeness (QED) is 0.100. The van der Waals surface area contributed by atoms with Crippen LogP contribution in [-0.2, 0) is 20.1 Å². The molecule has 4 nitrogen and oxygen atoms in total. The third kappa shape index (κ3) is 10.5. The second-order valence-electron chi connectivity index (χ2n) is 36.8. The van der Waals surface area contributed by atoms with Gasteiger partial charge in [0.25, 0.3) is 0 Å². The van der Waals surface area contributed by atoms with Gasteiger partial charge in [0, 0.05) is 49.8 Å². The maximum Gasteiger partial charge on any atom is 0.496 e. The molecule has 0 atom stereocenters. The molecule has 3 aliphatic rings. The monoisotopic (exact) mass is 1650 g/mol. The average molecular weight is 1650 g/mol. The van der Waals surface area contributed by atoms with Crippen LogP contribution in [-0.4, -0.2) is 28.3 Å². The van der Waals surface area contributed by atoms with E-state index in [1.165, 1.54) is 238 Å². The van der Waals surface area contributed by atoms with Crippen LogP contribution in [0.15, 0.2) is 357 Å². The molecule has 586 valence electrons. The molecule has 1 saturated heterocycles. The van der Waals surface area contributed by atoms with Gasteiger partial charge in [-0.05, 0) is 296 Å². The normalized spacial score (nSPS) is 14.8. The maximum absolute atomic E-state index is 6.35. The van der Waals surface area contributed by atoms with Gasteiger partial charge in [-0.25, -0.2) is 0 Å². The highest BCUT2D eigenvalue weighted by molar-refractivity contribution is 9.10. The molecule has 0 spiro atoms. The van der Waals surface area contributed by atoms with Gasteiger partial charge in [-0.15, -0.1) is 0 Å². The largest absolute Gasteiger partial charge is 0.496 e. The predicted octanol–water partition coefficient (Wildman–Crippen LogP) is 31.9. The van der Waals surface area contributed by atoms with E-state index in [0.717, 1.165) is 22.4 Å². The molecule has 124 heavy (non-hydrogen) atoms. The molecule has 0 amide bonds. The summed E-state index contributed by atoms with van der Waals surface area (Å²) in [6.07, 6.45) is 4.08. The van der Waals surface area contributed by atoms with Crippen LogP contribution in [0.4, 0.5) is 0 Å². The zero-order valence-corrected chi connectivity index (χ0v) is 71.7. The fourth-order valence-electron chi connectivity index (χ4n) is 22.2. The summed E-state index contributed by atoms with van der Waals surface area (Å²) in [6, 6.07) is 126. The van der Waals surface area contributed by atoms with Crippen molar-refractivity contribution in [2.45, 2.75) is 77.4 Å². The molecule has 0 bridgehead atoms. The summed E-state index contributed by atoms with van der Waals surface area (Å²) in [4.78, 5) is 10.4. The molecule has 0 unspecified atom stereocenters. The van der Waals surface area contributed by atoms with E-state index in [1.54, 1.807) is 0 Å². The number of hydrogen-bond donors (Lipinski definition) is 0. The Bertz CT molecular complexity index is 8640. The van der Waals surface area contributed by atoms with Crippen LogP contribution in [0.5, 0.6) is 0 Å². The first-order chi connectivity index (χ1) is 60.4. The SMILES string of the molecule is Brc1c2ccccc2c(-c2ccc3ccc4cccc5ccc2c3c45)c2ccccc12.CC1(C)c2cc3c4ccccc4c4ccccc4c3cc2-c2ncc(-c3c4ccccc4c(-c4ccc5ccc6cccc7ccc4c5c67)c4ccccc34)cc21.CC1(C)c2cc3c4ccccc4c4ccccc4c3cc2-c2ncc(B3OC(C)(C)C(C)(C)O3)cc21. The molecule has 0 N–H and O–H groups in total. The average Bonchev–Trinajstić information content (AvgIpc) is 1.31. The highest BCUT2D eigenvalue weighted by atomic mass is 79.9. The van der Waals surface area contributed by atoms with E-state index in [4.69, 9.17) is 19.3 Å². The number of pyridine rings is 2.